The second-order valence-corrected chi connectivity index (χ2v) is 9.81. The minimum Gasteiger partial charge on any atom is -0.389 e. The van der Waals surface area contributed by atoms with E-state index >= 15 is 0 Å². The van der Waals surface area contributed by atoms with Crippen LogP contribution in [0, 0.1) is 28.5 Å². The van der Waals surface area contributed by atoms with Crippen LogP contribution in [0.2, 0.25) is 0 Å². The van der Waals surface area contributed by atoms with E-state index in [1.54, 1.807) is 6.07 Å². The van der Waals surface area contributed by atoms with Gasteiger partial charge in [0, 0.05) is 5.41 Å². The van der Waals surface area contributed by atoms with Crippen LogP contribution in [0.25, 0.3) is 11.8 Å². The van der Waals surface area contributed by atoms with E-state index in [2.05, 4.69) is 18.2 Å². The normalized spacial score (nSPS) is 25.8. The van der Waals surface area contributed by atoms with E-state index in [9.17, 15) is 14.8 Å². The summed E-state index contributed by atoms with van der Waals surface area (Å²) in [7, 11) is 0. The molecule has 3 aromatic rings. The van der Waals surface area contributed by atoms with Gasteiger partial charge in [0.15, 0.2) is 0 Å². The molecule has 0 saturated heterocycles. The number of aliphatic hydroxyl groups is 1. The third-order valence-corrected chi connectivity index (χ3v) is 8.17. The van der Waals surface area contributed by atoms with E-state index in [0.717, 1.165) is 37.1 Å². The van der Waals surface area contributed by atoms with E-state index in [0.29, 0.717) is 30.7 Å². The maximum absolute atomic E-state index is 14.1. The van der Waals surface area contributed by atoms with Crippen molar-refractivity contribution in [3.63, 3.8) is 0 Å². The summed E-state index contributed by atoms with van der Waals surface area (Å²) in [4.78, 5) is 0. The van der Waals surface area contributed by atoms with Crippen molar-refractivity contribution in [3.05, 3.63) is 88.5 Å². The Morgan fingerprint density at radius 2 is 1.97 bits per heavy atom. The first-order valence-corrected chi connectivity index (χ1v) is 11.8. The van der Waals surface area contributed by atoms with Crippen LogP contribution < -0.4 is 0 Å². The number of hydrogen-bond acceptors (Lipinski definition) is 3. The first kappa shape index (κ1) is 20.4. The zero-order valence-electron chi connectivity index (χ0n) is 18.5. The molecule has 3 aliphatic carbocycles. The number of nitrogens with zero attached hydrogens (tertiary/aromatic N) is 3. The molecule has 33 heavy (non-hydrogen) atoms. The van der Waals surface area contributed by atoms with Crippen molar-refractivity contribution >= 4 is 6.08 Å². The molecule has 0 bridgehead atoms. The highest BCUT2D eigenvalue weighted by molar-refractivity contribution is 5.63. The average Bonchev–Trinajstić information content (AvgIpc) is 3.55. The van der Waals surface area contributed by atoms with Crippen LogP contribution in [0.15, 0.2) is 60.3 Å². The number of nitriles is 1. The van der Waals surface area contributed by atoms with E-state index < -0.39 is 11.4 Å². The molecule has 2 fully saturated rings. The molecule has 3 aliphatic rings. The molecule has 2 aromatic carbocycles. The van der Waals surface area contributed by atoms with E-state index in [-0.39, 0.29) is 11.0 Å². The Morgan fingerprint density at radius 3 is 2.73 bits per heavy atom. The highest BCUT2D eigenvalue weighted by atomic mass is 19.1. The Hall–Kier alpha value is -3.23. The number of aromatic nitrogens is 2. The second kappa shape index (κ2) is 7.40. The molecule has 5 heteroatoms. The summed E-state index contributed by atoms with van der Waals surface area (Å²) in [5.41, 5.74) is 4.30. The first-order chi connectivity index (χ1) is 16.1. The summed E-state index contributed by atoms with van der Waals surface area (Å²) in [5, 5.41) is 26.3. The quantitative estimate of drug-likeness (QED) is 0.581. The molecule has 2 atom stereocenters. The first-order valence-electron chi connectivity index (χ1n) is 11.8. The van der Waals surface area contributed by atoms with Gasteiger partial charge in [-0.25, -0.2) is 9.07 Å². The van der Waals surface area contributed by atoms with Gasteiger partial charge in [0.1, 0.15) is 11.9 Å². The van der Waals surface area contributed by atoms with Gasteiger partial charge in [0.25, 0.3) is 0 Å². The van der Waals surface area contributed by atoms with Crippen LogP contribution in [-0.4, -0.2) is 20.5 Å². The maximum Gasteiger partial charge on any atom is 0.141 e. The zero-order valence-corrected chi connectivity index (χ0v) is 18.5. The number of rotatable bonds is 5. The Morgan fingerprint density at radius 1 is 1.15 bits per heavy atom. The van der Waals surface area contributed by atoms with Gasteiger partial charge in [-0.1, -0.05) is 35.9 Å². The van der Waals surface area contributed by atoms with Crippen LogP contribution in [0.4, 0.5) is 4.39 Å². The van der Waals surface area contributed by atoms with Crippen molar-refractivity contribution < 1.29 is 9.50 Å². The van der Waals surface area contributed by atoms with Crippen molar-refractivity contribution in [2.75, 3.05) is 0 Å². The number of benzene rings is 2. The molecule has 0 spiro atoms. The number of para-hydroxylation sites is 1. The van der Waals surface area contributed by atoms with Gasteiger partial charge in [-0.05, 0) is 86.3 Å². The molecular weight excluding hydrogens is 413 g/mol. The minimum absolute atomic E-state index is 0.102. The molecule has 2 saturated carbocycles. The van der Waals surface area contributed by atoms with E-state index in [1.807, 2.05) is 41.2 Å². The Kier molecular flexibility index (Phi) is 4.57. The second-order valence-electron chi connectivity index (χ2n) is 9.81. The van der Waals surface area contributed by atoms with Gasteiger partial charge in [-0.15, -0.1) is 0 Å². The third kappa shape index (κ3) is 3.01. The van der Waals surface area contributed by atoms with Gasteiger partial charge in [0.2, 0.25) is 0 Å². The summed E-state index contributed by atoms with van der Waals surface area (Å²) >= 11 is 0. The number of aryl methyl sites for hydroxylation is 1. The molecule has 6 rings (SSSR count). The molecule has 0 aliphatic heterocycles. The van der Waals surface area contributed by atoms with Gasteiger partial charge in [-0.3, -0.25) is 0 Å². The Labute approximate surface area is 193 Å². The highest BCUT2D eigenvalue weighted by Gasteiger charge is 2.63. The lowest BCUT2D eigenvalue weighted by molar-refractivity contribution is -0.0661. The average molecular weight is 440 g/mol. The van der Waals surface area contributed by atoms with Crippen molar-refractivity contribution in [3.8, 4) is 11.8 Å². The fourth-order valence-corrected chi connectivity index (χ4v) is 6.44. The summed E-state index contributed by atoms with van der Waals surface area (Å²) in [6.45, 7) is 0. The maximum atomic E-state index is 14.1. The van der Waals surface area contributed by atoms with Crippen molar-refractivity contribution in [1.29, 1.82) is 5.26 Å². The molecular formula is C28H26FN3O. The zero-order chi connectivity index (χ0) is 22.6. The lowest BCUT2D eigenvalue weighted by Gasteiger charge is -2.46. The standard InChI is InChI=1S/C28H26FN3O/c29-25-8-4-5-19(24(25)17-30)11-13-27(33)14-12-22-15-26-20(16-28(22,27)21-9-10-21)18-31-32(26)23-6-2-1-3-7-23/h1-8,15,18,21,33H,9-14,16H2/t27-,28+/m0/s1. The van der Waals surface area contributed by atoms with Crippen LogP contribution in [0.1, 0.15) is 54.5 Å². The molecule has 1 aromatic heterocycles. The number of halogens is 1. The van der Waals surface area contributed by atoms with Gasteiger partial charge in [-0.2, -0.15) is 10.4 Å². The third-order valence-electron chi connectivity index (χ3n) is 8.17. The topological polar surface area (TPSA) is 61.8 Å². The minimum atomic E-state index is -0.869. The molecule has 166 valence electrons. The van der Waals surface area contributed by atoms with Crippen molar-refractivity contribution in [2.24, 2.45) is 11.3 Å². The van der Waals surface area contributed by atoms with Crippen molar-refractivity contribution in [1.82, 2.24) is 9.78 Å². The van der Waals surface area contributed by atoms with Crippen LogP contribution in [0.3, 0.4) is 0 Å². The highest BCUT2D eigenvalue weighted by Crippen LogP contribution is 2.66. The van der Waals surface area contributed by atoms with Crippen molar-refractivity contribution in [2.45, 2.75) is 50.5 Å². The predicted molar refractivity (Wildman–Crippen MR) is 124 cm³/mol. The van der Waals surface area contributed by atoms with Gasteiger partial charge < -0.3 is 5.11 Å². The Balaban J connectivity index is 1.36. The monoisotopic (exact) mass is 439 g/mol. The Bertz CT molecular complexity index is 1300. The SMILES string of the molecule is N#Cc1c(F)cccc1CC[C@]1(O)CCC2=Cc3c(cnn3-c3ccccc3)C[C@@]21C1CC1. The fraction of sp³-hybridized carbons (Fsp3) is 0.357. The van der Waals surface area contributed by atoms with Crippen LogP contribution >= 0.6 is 0 Å². The van der Waals surface area contributed by atoms with Gasteiger partial charge >= 0.3 is 0 Å². The summed E-state index contributed by atoms with van der Waals surface area (Å²) in [5.74, 6) is -0.0195. The lowest BCUT2D eigenvalue weighted by atomic mass is 9.61. The summed E-state index contributed by atoms with van der Waals surface area (Å²) < 4.78 is 16.1. The fourth-order valence-electron chi connectivity index (χ4n) is 6.44. The van der Waals surface area contributed by atoms with E-state index in [1.165, 1.54) is 17.2 Å². The van der Waals surface area contributed by atoms with Gasteiger partial charge in [0.05, 0.1) is 28.7 Å². The number of hydrogen-bond donors (Lipinski definition) is 1. The summed E-state index contributed by atoms with van der Waals surface area (Å²) in [6, 6.07) is 16.9. The molecule has 0 unspecified atom stereocenters. The van der Waals surface area contributed by atoms with Crippen LogP contribution in [0.5, 0.6) is 0 Å². The lowest BCUT2D eigenvalue weighted by Crippen LogP contribution is -2.49. The number of fused-ring (bicyclic) bond motifs is 2. The largest absolute Gasteiger partial charge is 0.389 e. The molecule has 1 heterocycles. The van der Waals surface area contributed by atoms with Crippen LogP contribution in [-0.2, 0) is 12.8 Å². The molecule has 4 nitrogen and oxygen atoms in total. The molecule has 0 radical (unpaired) electrons. The smallest absolute Gasteiger partial charge is 0.141 e. The predicted octanol–water partition coefficient (Wildman–Crippen LogP) is 5.38. The molecule has 1 N–H and O–H groups in total. The summed E-state index contributed by atoms with van der Waals surface area (Å²) in [6.07, 6.45) is 9.87. The van der Waals surface area contributed by atoms with E-state index in [4.69, 9.17) is 5.10 Å². The molecule has 0 amide bonds.